The molecule has 1 aromatic heterocycles. The number of phenols is 1. The third-order valence-electron chi connectivity index (χ3n) is 4.09. The maximum absolute atomic E-state index is 12.3. The van der Waals surface area contributed by atoms with Crippen molar-refractivity contribution in [3.8, 4) is 5.75 Å². The third-order valence-corrected chi connectivity index (χ3v) is 4.09. The predicted octanol–water partition coefficient (Wildman–Crippen LogP) is 2.86. The van der Waals surface area contributed by atoms with Crippen molar-refractivity contribution in [2.75, 3.05) is 36.4 Å². The smallest absolute Gasteiger partial charge is 0.323 e. The SMILES string of the molecule is CC(C)c1cc(NC(=O)N2CCN(c3cccc(O)c3)CC2)no1. The van der Waals surface area contributed by atoms with Crippen molar-refractivity contribution < 1.29 is 14.4 Å². The molecule has 2 N–H and O–H groups in total. The number of hydrogen-bond acceptors (Lipinski definition) is 5. The van der Waals surface area contributed by atoms with Crippen LogP contribution in [-0.4, -0.2) is 47.4 Å². The summed E-state index contributed by atoms with van der Waals surface area (Å²) in [5.41, 5.74) is 0.966. The van der Waals surface area contributed by atoms with Crippen LogP contribution in [0.1, 0.15) is 25.5 Å². The lowest BCUT2D eigenvalue weighted by Crippen LogP contribution is -2.50. The van der Waals surface area contributed by atoms with Gasteiger partial charge in [-0.05, 0) is 12.1 Å². The van der Waals surface area contributed by atoms with E-state index in [0.717, 1.165) is 11.4 Å². The fraction of sp³-hybridized carbons (Fsp3) is 0.412. The van der Waals surface area contributed by atoms with Crippen LogP contribution < -0.4 is 10.2 Å². The number of nitrogens with one attached hydrogen (secondary N) is 1. The highest BCUT2D eigenvalue weighted by Crippen LogP contribution is 2.22. The molecule has 0 atom stereocenters. The molecule has 3 rings (SSSR count). The average molecular weight is 330 g/mol. The maximum atomic E-state index is 12.3. The van der Waals surface area contributed by atoms with Gasteiger partial charge in [0.1, 0.15) is 11.5 Å². The molecule has 24 heavy (non-hydrogen) atoms. The highest BCUT2D eigenvalue weighted by Gasteiger charge is 2.22. The van der Waals surface area contributed by atoms with Gasteiger partial charge in [-0.1, -0.05) is 25.1 Å². The molecule has 0 saturated carbocycles. The van der Waals surface area contributed by atoms with Crippen LogP contribution in [0.3, 0.4) is 0 Å². The first-order valence-corrected chi connectivity index (χ1v) is 8.09. The van der Waals surface area contributed by atoms with E-state index < -0.39 is 0 Å². The number of anilines is 2. The van der Waals surface area contributed by atoms with Gasteiger partial charge in [0.05, 0.1) is 0 Å². The van der Waals surface area contributed by atoms with Gasteiger partial charge in [-0.25, -0.2) is 4.79 Å². The zero-order chi connectivity index (χ0) is 17.1. The Morgan fingerprint density at radius 3 is 2.62 bits per heavy atom. The summed E-state index contributed by atoms with van der Waals surface area (Å²) < 4.78 is 5.19. The van der Waals surface area contributed by atoms with Crippen LogP contribution in [0.2, 0.25) is 0 Å². The largest absolute Gasteiger partial charge is 0.508 e. The number of carbonyl (C=O) groups is 1. The standard InChI is InChI=1S/C17H22N4O3/c1-12(2)15-11-16(19-24-15)18-17(23)21-8-6-20(7-9-21)13-4-3-5-14(22)10-13/h3-5,10-12,22H,6-9H2,1-2H3,(H,18,19,23). The van der Waals surface area contributed by atoms with Crippen molar-refractivity contribution in [1.82, 2.24) is 10.1 Å². The third kappa shape index (κ3) is 3.61. The first kappa shape index (κ1) is 16.2. The number of phenolic OH excluding ortho intramolecular Hbond substituents is 1. The molecule has 0 bridgehead atoms. The minimum absolute atomic E-state index is 0.172. The van der Waals surface area contributed by atoms with E-state index in [2.05, 4.69) is 15.4 Å². The average Bonchev–Trinajstić information content (AvgIpc) is 3.04. The van der Waals surface area contributed by atoms with Crippen molar-refractivity contribution in [1.29, 1.82) is 0 Å². The number of aromatic hydroxyl groups is 1. The minimum atomic E-state index is -0.172. The summed E-state index contributed by atoms with van der Waals surface area (Å²) in [6.45, 7) is 6.66. The normalized spacial score (nSPS) is 15.0. The summed E-state index contributed by atoms with van der Waals surface area (Å²) >= 11 is 0. The monoisotopic (exact) mass is 330 g/mol. The molecule has 0 spiro atoms. The van der Waals surface area contributed by atoms with Gasteiger partial charge in [0.25, 0.3) is 0 Å². The van der Waals surface area contributed by atoms with E-state index in [9.17, 15) is 9.90 Å². The second-order valence-corrected chi connectivity index (χ2v) is 6.19. The second-order valence-electron chi connectivity index (χ2n) is 6.19. The molecule has 0 aliphatic carbocycles. The summed E-state index contributed by atoms with van der Waals surface area (Å²) in [7, 11) is 0. The van der Waals surface area contributed by atoms with Crippen LogP contribution in [0.25, 0.3) is 0 Å². The van der Waals surface area contributed by atoms with Crippen LogP contribution in [0.5, 0.6) is 5.75 Å². The first-order chi connectivity index (χ1) is 11.5. The molecule has 2 amide bonds. The number of aromatic nitrogens is 1. The maximum Gasteiger partial charge on any atom is 0.323 e. The highest BCUT2D eigenvalue weighted by atomic mass is 16.5. The summed E-state index contributed by atoms with van der Waals surface area (Å²) in [6.07, 6.45) is 0. The lowest BCUT2D eigenvalue weighted by Gasteiger charge is -2.35. The van der Waals surface area contributed by atoms with E-state index in [1.807, 2.05) is 26.0 Å². The van der Waals surface area contributed by atoms with Crippen LogP contribution in [0.4, 0.5) is 16.3 Å². The Morgan fingerprint density at radius 2 is 2.00 bits per heavy atom. The van der Waals surface area contributed by atoms with E-state index in [-0.39, 0.29) is 17.7 Å². The number of carbonyl (C=O) groups excluding carboxylic acids is 1. The molecule has 0 unspecified atom stereocenters. The van der Waals surface area contributed by atoms with Gasteiger partial charge in [-0.2, -0.15) is 0 Å². The molecular formula is C17H22N4O3. The van der Waals surface area contributed by atoms with Crippen LogP contribution >= 0.6 is 0 Å². The number of urea groups is 1. The second kappa shape index (κ2) is 6.82. The van der Waals surface area contributed by atoms with Crippen molar-refractivity contribution in [2.45, 2.75) is 19.8 Å². The molecular weight excluding hydrogens is 308 g/mol. The number of hydrogen-bond donors (Lipinski definition) is 2. The molecule has 1 aromatic carbocycles. The summed E-state index contributed by atoms with van der Waals surface area (Å²) in [5.74, 6) is 1.67. The van der Waals surface area contributed by atoms with Crippen molar-refractivity contribution >= 4 is 17.5 Å². The Morgan fingerprint density at radius 1 is 1.25 bits per heavy atom. The van der Waals surface area contributed by atoms with Crippen LogP contribution in [-0.2, 0) is 0 Å². The number of piperazine rings is 1. The summed E-state index contributed by atoms with van der Waals surface area (Å²) in [5, 5.41) is 16.2. The minimum Gasteiger partial charge on any atom is -0.508 e. The van der Waals surface area contributed by atoms with Gasteiger partial charge in [-0.3, -0.25) is 5.32 Å². The topological polar surface area (TPSA) is 81.8 Å². The first-order valence-electron chi connectivity index (χ1n) is 8.09. The fourth-order valence-corrected chi connectivity index (χ4v) is 2.67. The van der Waals surface area contributed by atoms with Crippen LogP contribution in [0, 0.1) is 0 Å². The van der Waals surface area contributed by atoms with E-state index in [1.165, 1.54) is 0 Å². The molecule has 1 saturated heterocycles. The molecule has 7 nitrogen and oxygen atoms in total. The van der Waals surface area contributed by atoms with Crippen LogP contribution in [0.15, 0.2) is 34.9 Å². The van der Waals surface area contributed by atoms with Gasteiger partial charge in [0, 0.05) is 49.9 Å². The molecule has 7 heteroatoms. The molecule has 1 fully saturated rings. The summed E-state index contributed by atoms with van der Waals surface area (Å²) in [4.78, 5) is 16.2. The Balaban J connectivity index is 1.55. The predicted molar refractivity (Wildman–Crippen MR) is 91.5 cm³/mol. The van der Waals surface area contributed by atoms with Gasteiger partial charge in [0.15, 0.2) is 5.82 Å². The lowest BCUT2D eigenvalue weighted by molar-refractivity contribution is 0.208. The zero-order valence-electron chi connectivity index (χ0n) is 13.9. The number of nitrogens with zero attached hydrogens (tertiary/aromatic N) is 3. The van der Waals surface area contributed by atoms with E-state index in [0.29, 0.717) is 32.0 Å². The Hall–Kier alpha value is -2.70. The number of amides is 2. The lowest BCUT2D eigenvalue weighted by atomic mass is 10.2. The van der Waals surface area contributed by atoms with Crippen molar-refractivity contribution in [3.63, 3.8) is 0 Å². The fourth-order valence-electron chi connectivity index (χ4n) is 2.67. The Kier molecular flexibility index (Phi) is 4.59. The van der Waals surface area contributed by atoms with Crippen molar-refractivity contribution in [2.24, 2.45) is 0 Å². The van der Waals surface area contributed by atoms with Gasteiger partial charge >= 0.3 is 6.03 Å². The molecule has 2 heterocycles. The summed E-state index contributed by atoms with van der Waals surface area (Å²) in [6, 6.07) is 8.74. The van der Waals surface area contributed by atoms with E-state index >= 15 is 0 Å². The van der Waals surface area contributed by atoms with Gasteiger partial charge in [0.2, 0.25) is 0 Å². The molecule has 2 aromatic rings. The van der Waals surface area contributed by atoms with E-state index in [4.69, 9.17) is 4.52 Å². The molecule has 0 radical (unpaired) electrons. The Bertz CT molecular complexity index is 705. The molecule has 1 aliphatic heterocycles. The number of benzene rings is 1. The quantitative estimate of drug-likeness (QED) is 0.904. The number of rotatable bonds is 3. The van der Waals surface area contributed by atoms with E-state index in [1.54, 1.807) is 23.1 Å². The van der Waals surface area contributed by atoms with Crippen molar-refractivity contribution in [3.05, 3.63) is 36.1 Å². The molecule has 128 valence electrons. The Labute approximate surface area is 140 Å². The van der Waals surface area contributed by atoms with Gasteiger partial charge in [-0.15, -0.1) is 0 Å². The zero-order valence-corrected chi connectivity index (χ0v) is 13.9. The molecule has 1 aliphatic rings. The van der Waals surface area contributed by atoms with Gasteiger partial charge < -0.3 is 19.4 Å². The highest BCUT2D eigenvalue weighted by molar-refractivity contribution is 5.88.